The fourth-order valence-electron chi connectivity index (χ4n) is 10.0. The van der Waals surface area contributed by atoms with Crippen molar-refractivity contribution in [1.29, 1.82) is 0 Å². The zero-order valence-corrected chi connectivity index (χ0v) is 31.4. The molecule has 0 N–H and O–H groups in total. The van der Waals surface area contributed by atoms with Crippen LogP contribution in [0.15, 0.2) is 206 Å². The van der Waals surface area contributed by atoms with E-state index >= 15 is 0 Å². The zero-order valence-electron chi connectivity index (χ0n) is 31.4. The summed E-state index contributed by atoms with van der Waals surface area (Å²) in [7, 11) is 0. The zero-order chi connectivity index (χ0) is 37.9. The van der Waals surface area contributed by atoms with Gasteiger partial charge in [-0.15, -0.1) is 0 Å². The fraction of sp³-hybridized carbons (Fsp3) is 0. The van der Waals surface area contributed by atoms with Crippen molar-refractivity contribution in [3.8, 4) is 22.7 Å². The van der Waals surface area contributed by atoms with Gasteiger partial charge in [0.1, 0.15) is 0 Å². The number of para-hydroxylation sites is 6. The molecule has 270 valence electrons. The van der Waals surface area contributed by atoms with E-state index in [0.29, 0.717) is 0 Å². The Bertz CT molecular complexity index is 3780. The number of rotatable bonds is 4. The van der Waals surface area contributed by atoms with Gasteiger partial charge in [-0.25, -0.2) is 0 Å². The van der Waals surface area contributed by atoms with Crippen molar-refractivity contribution in [2.75, 3.05) is 0 Å². The third-order valence-electron chi connectivity index (χ3n) is 12.3. The van der Waals surface area contributed by atoms with Gasteiger partial charge in [0.2, 0.25) is 0 Å². The molecule has 4 heterocycles. The summed E-state index contributed by atoms with van der Waals surface area (Å²) >= 11 is 0. The van der Waals surface area contributed by atoms with Gasteiger partial charge in [-0.1, -0.05) is 127 Å². The van der Waals surface area contributed by atoms with Crippen LogP contribution < -0.4 is 0 Å². The second kappa shape index (κ2) is 11.8. The number of hydrogen-bond donors (Lipinski definition) is 0. The molecule has 0 aliphatic carbocycles. The molecule has 13 aromatic rings. The smallest absolute Gasteiger partial charge is 0.0788 e. The van der Waals surface area contributed by atoms with E-state index in [1.54, 1.807) is 0 Å². The van der Waals surface area contributed by atoms with Crippen LogP contribution in [0.1, 0.15) is 0 Å². The SMILES string of the molecule is c1ccc(-n2c3ccccc3c3c(-n4c5ccccc5c5cc(-n6c7ccccc7c7ccc8c9ccccc9n(-c9ccccc9)c8c76)ccc54)cccc32)cc1. The molecule has 9 aromatic carbocycles. The Morgan fingerprint density at radius 1 is 0.224 bits per heavy atom. The minimum absolute atomic E-state index is 1.14. The number of aromatic nitrogens is 4. The topological polar surface area (TPSA) is 19.7 Å². The second-order valence-corrected chi connectivity index (χ2v) is 15.3. The maximum Gasteiger partial charge on any atom is 0.0788 e. The Labute approximate surface area is 333 Å². The molecule has 4 nitrogen and oxygen atoms in total. The van der Waals surface area contributed by atoms with Crippen LogP contribution in [0, 0.1) is 0 Å². The number of nitrogens with zero attached hydrogens (tertiary/aromatic N) is 4. The second-order valence-electron chi connectivity index (χ2n) is 15.3. The van der Waals surface area contributed by atoms with Crippen molar-refractivity contribution in [1.82, 2.24) is 18.3 Å². The van der Waals surface area contributed by atoms with Crippen molar-refractivity contribution >= 4 is 87.2 Å². The molecule has 0 fully saturated rings. The van der Waals surface area contributed by atoms with Gasteiger partial charge in [0.25, 0.3) is 0 Å². The summed E-state index contributed by atoms with van der Waals surface area (Å²) in [5.74, 6) is 0. The van der Waals surface area contributed by atoms with Crippen molar-refractivity contribution < 1.29 is 0 Å². The normalized spacial score (nSPS) is 12.1. The summed E-state index contributed by atoms with van der Waals surface area (Å²) < 4.78 is 9.85. The lowest BCUT2D eigenvalue weighted by Gasteiger charge is -2.14. The summed E-state index contributed by atoms with van der Waals surface area (Å²) in [4.78, 5) is 0. The lowest BCUT2D eigenvalue weighted by Crippen LogP contribution is -1.99. The Balaban J connectivity index is 1.14. The van der Waals surface area contributed by atoms with E-state index in [9.17, 15) is 0 Å². The summed E-state index contributed by atoms with van der Waals surface area (Å²) in [6, 6.07) is 75.4. The van der Waals surface area contributed by atoms with Gasteiger partial charge in [0.05, 0.1) is 49.8 Å². The number of hydrogen-bond acceptors (Lipinski definition) is 0. The molecule has 0 bridgehead atoms. The van der Waals surface area contributed by atoms with Crippen molar-refractivity contribution in [2.45, 2.75) is 0 Å². The van der Waals surface area contributed by atoms with Gasteiger partial charge in [-0.3, -0.25) is 0 Å². The highest BCUT2D eigenvalue weighted by atomic mass is 15.1. The molecule has 0 amide bonds. The summed E-state index contributed by atoms with van der Waals surface area (Å²) in [5, 5.41) is 9.92. The molecular formula is C54H34N4. The van der Waals surface area contributed by atoms with E-state index < -0.39 is 0 Å². The van der Waals surface area contributed by atoms with Crippen molar-refractivity contribution in [2.24, 2.45) is 0 Å². The molecule has 0 radical (unpaired) electrons. The van der Waals surface area contributed by atoms with Crippen LogP contribution in [0.5, 0.6) is 0 Å². The fourth-order valence-corrected chi connectivity index (χ4v) is 10.0. The Morgan fingerprint density at radius 3 is 1.26 bits per heavy atom. The van der Waals surface area contributed by atoms with Crippen LogP contribution >= 0.6 is 0 Å². The molecule has 0 atom stereocenters. The molecule has 0 spiro atoms. The average molecular weight is 739 g/mol. The maximum atomic E-state index is 2.51. The highest BCUT2D eigenvalue weighted by Crippen LogP contribution is 2.44. The third-order valence-corrected chi connectivity index (χ3v) is 12.3. The third kappa shape index (κ3) is 4.18. The molecule has 58 heavy (non-hydrogen) atoms. The lowest BCUT2D eigenvalue weighted by atomic mass is 10.1. The molecule has 0 saturated carbocycles. The quantitative estimate of drug-likeness (QED) is 0.171. The minimum Gasteiger partial charge on any atom is -0.309 e. The number of fused-ring (bicyclic) bond motifs is 13. The van der Waals surface area contributed by atoms with Gasteiger partial charge in [0.15, 0.2) is 0 Å². The number of benzene rings is 9. The molecule has 0 aliphatic rings. The lowest BCUT2D eigenvalue weighted by molar-refractivity contribution is 1.15. The van der Waals surface area contributed by atoms with Gasteiger partial charge in [-0.2, -0.15) is 0 Å². The van der Waals surface area contributed by atoms with Crippen molar-refractivity contribution in [3.63, 3.8) is 0 Å². The van der Waals surface area contributed by atoms with Gasteiger partial charge in [0, 0.05) is 60.2 Å². The van der Waals surface area contributed by atoms with Crippen LogP contribution in [0.25, 0.3) is 110 Å². The van der Waals surface area contributed by atoms with Crippen molar-refractivity contribution in [3.05, 3.63) is 206 Å². The van der Waals surface area contributed by atoms with E-state index in [4.69, 9.17) is 0 Å². The van der Waals surface area contributed by atoms with E-state index in [1.807, 2.05) is 0 Å². The Kier molecular flexibility index (Phi) is 6.41. The first-order valence-corrected chi connectivity index (χ1v) is 20.0. The molecular weight excluding hydrogens is 705 g/mol. The van der Waals surface area contributed by atoms with Crippen LogP contribution in [0.4, 0.5) is 0 Å². The van der Waals surface area contributed by atoms with Gasteiger partial charge in [-0.05, 0) is 78.9 Å². The maximum absolute atomic E-state index is 2.51. The van der Waals surface area contributed by atoms with Crippen LogP contribution in [-0.2, 0) is 0 Å². The largest absolute Gasteiger partial charge is 0.309 e. The predicted octanol–water partition coefficient (Wildman–Crippen LogP) is 14.1. The predicted molar refractivity (Wildman–Crippen MR) is 244 cm³/mol. The molecule has 13 rings (SSSR count). The first kappa shape index (κ1) is 31.4. The van der Waals surface area contributed by atoms with Gasteiger partial charge >= 0.3 is 0 Å². The average Bonchev–Trinajstić information content (AvgIpc) is 4.02. The highest BCUT2D eigenvalue weighted by molar-refractivity contribution is 6.24. The van der Waals surface area contributed by atoms with E-state index in [2.05, 4.69) is 225 Å². The molecule has 0 aliphatic heterocycles. The molecule has 0 unspecified atom stereocenters. The first-order valence-electron chi connectivity index (χ1n) is 20.0. The summed E-state index contributed by atoms with van der Waals surface area (Å²) in [6.45, 7) is 0. The van der Waals surface area contributed by atoms with E-state index in [1.165, 1.54) is 92.9 Å². The van der Waals surface area contributed by atoms with Crippen LogP contribution in [0.3, 0.4) is 0 Å². The summed E-state index contributed by atoms with van der Waals surface area (Å²) in [5.41, 5.74) is 14.2. The van der Waals surface area contributed by atoms with Crippen LogP contribution in [-0.4, -0.2) is 18.3 Å². The molecule has 4 heteroatoms. The minimum atomic E-state index is 1.14. The summed E-state index contributed by atoms with van der Waals surface area (Å²) in [6.07, 6.45) is 0. The Hall–Kier alpha value is -7.82. The van der Waals surface area contributed by atoms with Crippen LogP contribution in [0.2, 0.25) is 0 Å². The molecule has 0 saturated heterocycles. The van der Waals surface area contributed by atoms with Gasteiger partial charge < -0.3 is 18.3 Å². The standard InChI is InChI=1S/C54H34N4/c1-3-16-35(17-4-1)55-48-27-14-10-23-43(48)52-50(55)28-15-29-51(52)58-47-26-13-9-22-40(47)44-34-37(30-33-49(44)58)57-46-25-12-8-21-39(46)42-32-31-41-38-20-7-11-24-45(38)56(53(41)54(42)57)36-18-5-2-6-19-36/h1-34H. The Morgan fingerprint density at radius 2 is 0.655 bits per heavy atom. The molecule has 4 aromatic heterocycles. The monoisotopic (exact) mass is 738 g/mol. The van der Waals surface area contributed by atoms with E-state index in [0.717, 1.165) is 17.1 Å². The first-order chi connectivity index (χ1) is 28.8. The van der Waals surface area contributed by atoms with E-state index in [-0.39, 0.29) is 0 Å². The highest BCUT2D eigenvalue weighted by Gasteiger charge is 2.23.